The van der Waals surface area contributed by atoms with Crippen LogP contribution in [0.15, 0.2) is 29.3 Å². The summed E-state index contributed by atoms with van der Waals surface area (Å²) in [6.07, 6.45) is 3.52. The molecule has 1 aromatic carbocycles. The number of hydrogen-bond acceptors (Lipinski definition) is 2. The molecule has 0 aromatic heterocycles. The van der Waals surface area contributed by atoms with Gasteiger partial charge in [0.15, 0.2) is 5.96 Å². The topological polar surface area (TPSA) is 39.7 Å². The highest BCUT2D eigenvalue weighted by Gasteiger charge is 2.22. The highest BCUT2D eigenvalue weighted by molar-refractivity contribution is 14.0. The number of nitrogens with zero attached hydrogens (tertiary/aromatic N) is 2. The minimum Gasteiger partial charge on any atom is -0.356 e. The zero-order valence-electron chi connectivity index (χ0n) is 14.0. The summed E-state index contributed by atoms with van der Waals surface area (Å²) in [6, 6.07) is 8.64. The molecule has 0 bridgehead atoms. The Hall–Kier alpha value is -0.530. The highest BCUT2D eigenvalue weighted by Crippen LogP contribution is 2.15. The van der Waals surface area contributed by atoms with Gasteiger partial charge in [0.25, 0.3) is 0 Å². The van der Waals surface area contributed by atoms with Crippen molar-refractivity contribution in [3.63, 3.8) is 0 Å². The molecule has 130 valence electrons. The first kappa shape index (κ1) is 20.5. The number of benzene rings is 1. The third-order valence-electron chi connectivity index (χ3n) is 4.23. The van der Waals surface area contributed by atoms with Crippen LogP contribution in [-0.4, -0.2) is 50.1 Å². The summed E-state index contributed by atoms with van der Waals surface area (Å²) in [4.78, 5) is 6.83. The van der Waals surface area contributed by atoms with Crippen molar-refractivity contribution in [2.75, 3.05) is 33.2 Å². The first-order valence-electron chi connectivity index (χ1n) is 8.16. The molecule has 6 heteroatoms. The molecule has 1 heterocycles. The van der Waals surface area contributed by atoms with Crippen LogP contribution in [0.25, 0.3) is 0 Å². The predicted octanol–water partition coefficient (Wildman–Crippen LogP) is 3.15. The Kier molecular flexibility index (Phi) is 9.90. The summed E-state index contributed by atoms with van der Waals surface area (Å²) < 4.78 is 0. The van der Waals surface area contributed by atoms with E-state index in [1.807, 2.05) is 25.2 Å². The van der Waals surface area contributed by atoms with Crippen molar-refractivity contribution < 1.29 is 0 Å². The van der Waals surface area contributed by atoms with Gasteiger partial charge in [-0.15, -0.1) is 24.0 Å². The number of rotatable bonds is 6. The zero-order valence-corrected chi connectivity index (χ0v) is 17.1. The SMILES string of the molecule is CCN1CCCC1CNC(=NC)NCCc1cccc(Cl)c1.I. The molecular weight excluding hydrogens is 423 g/mol. The van der Waals surface area contributed by atoms with Crippen LogP contribution in [0.1, 0.15) is 25.3 Å². The molecule has 1 unspecified atom stereocenters. The molecule has 1 saturated heterocycles. The predicted molar refractivity (Wildman–Crippen MR) is 110 cm³/mol. The van der Waals surface area contributed by atoms with Crippen molar-refractivity contribution in [2.45, 2.75) is 32.2 Å². The molecule has 2 rings (SSSR count). The van der Waals surface area contributed by atoms with Gasteiger partial charge in [-0.1, -0.05) is 30.7 Å². The van der Waals surface area contributed by atoms with Crippen LogP contribution >= 0.6 is 35.6 Å². The Morgan fingerprint density at radius 2 is 2.22 bits per heavy atom. The van der Waals surface area contributed by atoms with Gasteiger partial charge in [0.2, 0.25) is 0 Å². The molecule has 0 amide bonds. The van der Waals surface area contributed by atoms with Crippen LogP contribution in [0.4, 0.5) is 0 Å². The van der Waals surface area contributed by atoms with Gasteiger partial charge in [0.05, 0.1) is 0 Å². The Morgan fingerprint density at radius 1 is 1.39 bits per heavy atom. The van der Waals surface area contributed by atoms with E-state index in [1.54, 1.807) is 0 Å². The average Bonchev–Trinajstić information content (AvgIpc) is 2.98. The quantitative estimate of drug-likeness (QED) is 0.397. The van der Waals surface area contributed by atoms with Gasteiger partial charge < -0.3 is 10.6 Å². The Bertz CT molecular complexity index is 495. The number of nitrogens with one attached hydrogen (secondary N) is 2. The van der Waals surface area contributed by atoms with Crippen molar-refractivity contribution >= 4 is 41.5 Å². The van der Waals surface area contributed by atoms with Crippen molar-refractivity contribution in [3.8, 4) is 0 Å². The van der Waals surface area contributed by atoms with Crippen molar-refractivity contribution in [3.05, 3.63) is 34.9 Å². The molecule has 1 fully saturated rings. The van der Waals surface area contributed by atoms with Gasteiger partial charge in [0.1, 0.15) is 0 Å². The molecule has 2 N–H and O–H groups in total. The van der Waals surface area contributed by atoms with E-state index in [4.69, 9.17) is 11.6 Å². The number of guanidine groups is 1. The molecule has 1 aliphatic heterocycles. The van der Waals surface area contributed by atoms with E-state index in [0.29, 0.717) is 6.04 Å². The number of hydrogen-bond donors (Lipinski definition) is 2. The van der Waals surface area contributed by atoms with Crippen LogP contribution in [-0.2, 0) is 6.42 Å². The second-order valence-electron chi connectivity index (χ2n) is 5.68. The van der Waals surface area contributed by atoms with Gasteiger partial charge in [0, 0.05) is 31.2 Å². The van der Waals surface area contributed by atoms with Crippen LogP contribution < -0.4 is 10.6 Å². The number of halogens is 2. The monoisotopic (exact) mass is 450 g/mol. The molecular formula is C17H28ClIN4. The summed E-state index contributed by atoms with van der Waals surface area (Å²) in [5.74, 6) is 0.880. The Morgan fingerprint density at radius 3 is 2.91 bits per heavy atom. The first-order chi connectivity index (χ1) is 10.7. The standard InChI is InChI=1S/C17H27ClN4.HI/c1-3-22-11-5-8-16(22)13-21-17(19-2)20-10-9-14-6-4-7-15(18)12-14;/h4,6-7,12,16H,3,5,8-11,13H2,1-2H3,(H2,19,20,21);1H. The number of likely N-dealkylation sites (tertiary alicyclic amines) is 1. The minimum atomic E-state index is 0. The van der Waals surface area contributed by atoms with E-state index in [0.717, 1.165) is 37.0 Å². The zero-order chi connectivity index (χ0) is 15.8. The summed E-state index contributed by atoms with van der Waals surface area (Å²) in [5.41, 5.74) is 1.24. The largest absolute Gasteiger partial charge is 0.356 e. The molecule has 0 saturated carbocycles. The number of aliphatic imine (C=N–C) groups is 1. The lowest BCUT2D eigenvalue weighted by atomic mass is 10.1. The Balaban J connectivity index is 0.00000264. The fourth-order valence-electron chi connectivity index (χ4n) is 3.00. The lowest BCUT2D eigenvalue weighted by Gasteiger charge is -2.24. The molecule has 23 heavy (non-hydrogen) atoms. The van der Waals surface area contributed by atoms with Crippen LogP contribution in [0.5, 0.6) is 0 Å². The first-order valence-corrected chi connectivity index (χ1v) is 8.53. The fourth-order valence-corrected chi connectivity index (χ4v) is 3.21. The number of likely N-dealkylation sites (N-methyl/N-ethyl adjacent to an activating group) is 1. The normalized spacial score (nSPS) is 18.6. The molecule has 0 aliphatic carbocycles. The maximum absolute atomic E-state index is 6.00. The summed E-state index contributed by atoms with van der Waals surface area (Å²) >= 11 is 6.00. The molecule has 0 spiro atoms. The second-order valence-corrected chi connectivity index (χ2v) is 6.12. The lowest BCUT2D eigenvalue weighted by molar-refractivity contribution is 0.267. The van der Waals surface area contributed by atoms with Crippen molar-refractivity contribution in [1.82, 2.24) is 15.5 Å². The second kappa shape index (κ2) is 11.1. The molecule has 1 aliphatic rings. The average molecular weight is 451 g/mol. The van der Waals surface area contributed by atoms with E-state index >= 15 is 0 Å². The maximum atomic E-state index is 6.00. The maximum Gasteiger partial charge on any atom is 0.191 e. The third kappa shape index (κ3) is 6.85. The Labute approximate surface area is 162 Å². The van der Waals surface area contributed by atoms with Crippen LogP contribution in [0, 0.1) is 0 Å². The lowest BCUT2D eigenvalue weighted by Crippen LogP contribution is -2.45. The molecule has 1 aromatic rings. The smallest absolute Gasteiger partial charge is 0.191 e. The molecule has 0 radical (unpaired) electrons. The van der Waals surface area contributed by atoms with Gasteiger partial charge >= 0.3 is 0 Å². The van der Waals surface area contributed by atoms with E-state index in [9.17, 15) is 0 Å². The molecule has 1 atom stereocenters. The third-order valence-corrected chi connectivity index (χ3v) is 4.46. The van der Waals surface area contributed by atoms with Gasteiger partial charge in [-0.3, -0.25) is 9.89 Å². The van der Waals surface area contributed by atoms with Crippen molar-refractivity contribution in [2.24, 2.45) is 4.99 Å². The van der Waals surface area contributed by atoms with Gasteiger partial charge in [-0.25, -0.2) is 0 Å². The van der Waals surface area contributed by atoms with Crippen molar-refractivity contribution in [1.29, 1.82) is 0 Å². The van der Waals surface area contributed by atoms with E-state index in [2.05, 4.69) is 33.5 Å². The summed E-state index contributed by atoms with van der Waals surface area (Å²) in [6.45, 7) is 6.40. The van der Waals surface area contributed by atoms with Crippen LogP contribution in [0.2, 0.25) is 5.02 Å². The minimum absolute atomic E-state index is 0. The van der Waals surface area contributed by atoms with E-state index in [-0.39, 0.29) is 24.0 Å². The summed E-state index contributed by atoms with van der Waals surface area (Å²) in [5, 5.41) is 7.61. The van der Waals surface area contributed by atoms with E-state index < -0.39 is 0 Å². The van der Waals surface area contributed by atoms with Gasteiger partial charge in [-0.05, 0) is 50.0 Å². The highest BCUT2D eigenvalue weighted by atomic mass is 127. The molecule has 4 nitrogen and oxygen atoms in total. The fraction of sp³-hybridized carbons (Fsp3) is 0.588. The van der Waals surface area contributed by atoms with E-state index in [1.165, 1.54) is 24.9 Å². The van der Waals surface area contributed by atoms with Crippen LogP contribution in [0.3, 0.4) is 0 Å². The van der Waals surface area contributed by atoms with Gasteiger partial charge in [-0.2, -0.15) is 0 Å². The summed E-state index contributed by atoms with van der Waals surface area (Å²) in [7, 11) is 1.82.